The minimum Gasteiger partial charge on any atom is -0.350 e. The molecule has 1 atom stereocenters. The number of carbonyl (C=O) groups is 1. The maximum Gasteiger partial charge on any atom is 0.242 e. The summed E-state index contributed by atoms with van der Waals surface area (Å²) in [5.41, 5.74) is 1.04. The van der Waals surface area contributed by atoms with Gasteiger partial charge in [-0.3, -0.25) is 4.79 Å². The molecule has 0 aliphatic carbocycles. The molecule has 0 fully saturated rings. The van der Waals surface area contributed by atoms with E-state index in [0.717, 1.165) is 5.56 Å². The van der Waals surface area contributed by atoms with Gasteiger partial charge in [0.2, 0.25) is 15.9 Å². The molecule has 5 nitrogen and oxygen atoms in total. The highest BCUT2D eigenvalue weighted by molar-refractivity contribution is 7.89. The lowest BCUT2D eigenvalue weighted by molar-refractivity contribution is -0.121. The van der Waals surface area contributed by atoms with E-state index in [4.69, 9.17) is 0 Å². The number of nitrogens with one attached hydrogen (secondary N) is 1. The van der Waals surface area contributed by atoms with Crippen molar-refractivity contribution < 1.29 is 13.2 Å². The minimum absolute atomic E-state index is 0.0699. The molecule has 0 heterocycles. The normalized spacial score (nSPS) is 12.8. The van der Waals surface area contributed by atoms with Gasteiger partial charge < -0.3 is 5.32 Å². The summed E-state index contributed by atoms with van der Waals surface area (Å²) in [6.45, 7) is 2.23. The fourth-order valence-corrected chi connectivity index (χ4v) is 3.72. The van der Waals surface area contributed by atoms with Crippen LogP contribution in [0.3, 0.4) is 0 Å². The molecule has 0 saturated carbocycles. The van der Waals surface area contributed by atoms with Crippen molar-refractivity contribution in [3.63, 3.8) is 0 Å². The molecule has 0 aromatic heterocycles. The maximum absolute atomic E-state index is 12.4. The van der Waals surface area contributed by atoms with Gasteiger partial charge in [0.1, 0.15) is 0 Å². The number of hydrogen-bond donors (Lipinski definition) is 1. The van der Waals surface area contributed by atoms with E-state index < -0.39 is 10.0 Å². The van der Waals surface area contributed by atoms with Crippen LogP contribution in [-0.4, -0.2) is 32.2 Å². The average Bonchev–Trinajstić information content (AvgIpc) is 2.63. The monoisotopic (exact) mass is 360 g/mol. The Morgan fingerprint density at radius 1 is 1.04 bits per heavy atom. The summed E-state index contributed by atoms with van der Waals surface area (Å²) >= 11 is 0. The number of sulfonamides is 1. The Kier molecular flexibility index (Phi) is 6.73. The van der Waals surface area contributed by atoms with Crippen LogP contribution in [-0.2, 0) is 14.8 Å². The zero-order chi connectivity index (χ0) is 18.3. The van der Waals surface area contributed by atoms with E-state index in [1.807, 2.05) is 37.3 Å². The third-order valence-corrected chi connectivity index (χ3v) is 5.88. The molecule has 0 radical (unpaired) electrons. The molecule has 2 aromatic carbocycles. The molecule has 0 spiro atoms. The Labute approximate surface area is 149 Å². The highest BCUT2D eigenvalue weighted by Gasteiger charge is 2.20. The second kappa shape index (κ2) is 8.78. The smallest absolute Gasteiger partial charge is 0.242 e. The predicted molar refractivity (Wildman–Crippen MR) is 98.5 cm³/mol. The molecule has 1 N–H and O–H groups in total. The quantitative estimate of drug-likeness (QED) is 0.787. The van der Waals surface area contributed by atoms with E-state index >= 15 is 0 Å². The number of nitrogens with zero attached hydrogens (tertiary/aromatic N) is 1. The molecule has 25 heavy (non-hydrogen) atoms. The van der Waals surface area contributed by atoms with Crippen LogP contribution < -0.4 is 5.32 Å². The Morgan fingerprint density at radius 3 is 2.20 bits per heavy atom. The molecule has 2 aromatic rings. The fourth-order valence-electron chi connectivity index (χ4n) is 2.49. The number of amides is 1. The zero-order valence-corrected chi connectivity index (χ0v) is 15.4. The molecule has 1 amide bonds. The number of benzene rings is 2. The summed E-state index contributed by atoms with van der Waals surface area (Å²) in [5, 5.41) is 2.93. The van der Waals surface area contributed by atoms with Crippen molar-refractivity contribution in [2.24, 2.45) is 0 Å². The summed E-state index contributed by atoms with van der Waals surface area (Å²) in [7, 11) is -1.97. The Morgan fingerprint density at radius 2 is 1.60 bits per heavy atom. The van der Waals surface area contributed by atoms with Crippen LogP contribution in [0.4, 0.5) is 0 Å². The SMILES string of the molecule is C[C@H](NC(=O)CCCN(C)S(=O)(=O)c1ccccc1)c1ccccc1. The topological polar surface area (TPSA) is 66.5 Å². The first kappa shape index (κ1) is 19.1. The second-order valence-electron chi connectivity index (χ2n) is 5.94. The number of rotatable bonds is 8. The fraction of sp³-hybridized carbons (Fsp3) is 0.316. The van der Waals surface area contributed by atoms with Gasteiger partial charge in [-0.2, -0.15) is 0 Å². The first-order chi connectivity index (χ1) is 11.9. The molecule has 2 rings (SSSR count). The van der Waals surface area contributed by atoms with Gasteiger partial charge in [-0.25, -0.2) is 12.7 Å². The molecule has 134 valence electrons. The first-order valence-electron chi connectivity index (χ1n) is 8.27. The summed E-state index contributed by atoms with van der Waals surface area (Å²) in [6.07, 6.45) is 0.752. The van der Waals surface area contributed by atoms with Crippen molar-refractivity contribution in [3.05, 3.63) is 66.2 Å². The van der Waals surface area contributed by atoms with Gasteiger partial charge in [0.05, 0.1) is 10.9 Å². The van der Waals surface area contributed by atoms with Gasteiger partial charge in [-0.05, 0) is 31.0 Å². The van der Waals surface area contributed by atoms with Crippen molar-refractivity contribution in [3.8, 4) is 0 Å². The summed E-state index contributed by atoms with van der Waals surface area (Å²) in [4.78, 5) is 12.3. The lowest BCUT2D eigenvalue weighted by atomic mass is 10.1. The van der Waals surface area contributed by atoms with Crippen LogP contribution in [0.2, 0.25) is 0 Å². The third kappa shape index (κ3) is 5.41. The summed E-state index contributed by atoms with van der Waals surface area (Å²) < 4.78 is 26.1. The van der Waals surface area contributed by atoms with Gasteiger partial charge in [-0.1, -0.05) is 48.5 Å². The van der Waals surface area contributed by atoms with E-state index in [1.165, 1.54) is 11.4 Å². The second-order valence-corrected chi connectivity index (χ2v) is 7.99. The lowest BCUT2D eigenvalue weighted by Crippen LogP contribution is -2.30. The van der Waals surface area contributed by atoms with Crippen LogP contribution in [0.1, 0.15) is 31.4 Å². The predicted octanol–water partition coefficient (Wildman–Crippen LogP) is 2.96. The van der Waals surface area contributed by atoms with Crippen molar-refractivity contribution >= 4 is 15.9 Å². The van der Waals surface area contributed by atoms with Crippen molar-refractivity contribution in [1.29, 1.82) is 0 Å². The minimum atomic E-state index is -3.50. The zero-order valence-electron chi connectivity index (χ0n) is 14.6. The average molecular weight is 360 g/mol. The van der Waals surface area contributed by atoms with E-state index in [2.05, 4.69) is 5.32 Å². The van der Waals surface area contributed by atoms with Crippen LogP contribution in [0.25, 0.3) is 0 Å². The van der Waals surface area contributed by atoms with Crippen LogP contribution in [0.5, 0.6) is 0 Å². The first-order valence-corrected chi connectivity index (χ1v) is 9.71. The van der Waals surface area contributed by atoms with E-state index in [9.17, 15) is 13.2 Å². The Balaban J connectivity index is 1.81. The van der Waals surface area contributed by atoms with E-state index in [1.54, 1.807) is 30.3 Å². The van der Waals surface area contributed by atoms with E-state index in [-0.39, 0.29) is 23.3 Å². The molecule has 0 saturated heterocycles. The van der Waals surface area contributed by atoms with E-state index in [0.29, 0.717) is 13.0 Å². The Bertz CT molecular complexity index is 777. The molecule has 6 heteroatoms. The standard InChI is InChI=1S/C19H24N2O3S/c1-16(17-10-5-3-6-11-17)20-19(22)14-9-15-21(2)25(23,24)18-12-7-4-8-13-18/h3-8,10-13,16H,9,14-15H2,1-2H3,(H,20,22)/t16-/m0/s1. The van der Waals surface area contributed by atoms with Crippen molar-refractivity contribution in [1.82, 2.24) is 9.62 Å². The third-order valence-electron chi connectivity index (χ3n) is 4.01. The van der Waals surface area contributed by atoms with Crippen molar-refractivity contribution in [2.45, 2.75) is 30.7 Å². The van der Waals surface area contributed by atoms with Gasteiger partial charge in [-0.15, -0.1) is 0 Å². The largest absolute Gasteiger partial charge is 0.350 e. The van der Waals surface area contributed by atoms with Crippen LogP contribution >= 0.6 is 0 Å². The summed E-state index contributed by atoms with van der Waals surface area (Å²) in [5.74, 6) is -0.0816. The number of carbonyl (C=O) groups excluding carboxylic acids is 1. The van der Waals surface area contributed by atoms with Crippen molar-refractivity contribution in [2.75, 3.05) is 13.6 Å². The molecular weight excluding hydrogens is 336 g/mol. The Hall–Kier alpha value is -2.18. The van der Waals surface area contributed by atoms with Gasteiger partial charge in [0, 0.05) is 20.0 Å². The molecule has 0 bridgehead atoms. The molecular formula is C19H24N2O3S. The maximum atomic E-state index is 12.4. The molecule has 0 aliphatic heterocycles. The van der Waals surface area contributed by atoms with Gasteiger partial charge in [0.15, 0.2) is 0 Å². The van der Waals surface area contributed by atoms with Gasteiger partial charge >= 0.3 is 0 Å². The van der Waals surface area contributed by atoms with Crippen LogP contribution in [0.15, 0.2) is 65.6 Å². The van der Waals surface area contributed by atoms with Crippen LogP contribution in [0, 0.1) is 0 Å². The molecule has 0 aliphatic rings. The summed E-state index contributed by atoms with van der Waals surface area (Å²) in [6, 6.07) is 18.0. The number of hydrogen-bond acceptors (Lipinski definition) is 3. The highest BCUT2D eigenvalue weighted by atomic mass is 32.2. The lowest BCUT2D eigenvalue weighted by Gasteiger charge is -2.18. The highest BCUT2D eigenvalue weighted by Crippen LogP contribution is 2.14. The molecule has 0 unspecified atom stereocenters. The van der Waals surface area contributed by atoms with Gasteiger partial charge in [0.25, 0.3) is 0 Å².